The van der Waals surface area contributed by atoms with Gasteiger partial charge >= 0.3 is 0 Å². The van der Waals surface area contributed by atoms with Crippen molar-refractivity contribution in [3.63, 3.8) is 0 Å². The first-order valence-electron chi connectivity index (χ1n) is 9.43. The molecular formula is C19H30N2O6S. The Morgan fingerprint density at radius 1 is 1.21 bits per heavy atom. The molecule has 0 bridgehead atoms. The number of nitrogens with zero attached hydrogens (tertiary/aromatic N) is 1. The number of hydrogen-bond donors (Lipinski definition) is 1. The largest absolute Gasteiger partial charge is 0.497 e. The van der Waals surface area contributed by atoms with Crippen LogP contribution in [0.2, 0.25) is 0 Å². The van der Waals surface area contributed by atoms with Crippen LogP contribution < -0.4 is 19.1 Å². The number of carbonyl (C=O) groups excluding carboxylic acids is 1. The highest BCUT2D eigenvalue weighted by Crippen LogP contribution is 2.33. The number of amides is 1. The highest BCUT2D eigenvalue weighted by atomic mass is 32.2. The van der Waals surface area contributed by atoms with E-state index < -0.39 is 15.9 Å². The van der Waals surface area contributed by atoms with Gasteiger partial charge in [-0.3, -0.25) is 9.10 Å². The van der Waals surface area contributed by atoms with Gasteiger partial charge in [0.25, 0.3) is 0 Å². The van der Waals surface area contributed by atoms with Gasteiger partial charge in [-0.15, -0.1) is 0 Å². The van der Waals surface area contributed by atoms with E-state index in [4.69, 9.17) is 14.2 Å². The lowest BCUT2D eigenvalue weighted by atomic mass is 10.2. The Morgan fingerprint density at radius 3 is 2.54 bits per heavy atom. The minimum atomic E-state index is -3.70. The van der Waals surface area contributed by atoms with Crippen molar-refractivity contribution >= 4 is 21.6 Å². The third-order valence-electron chi connectivity index (χ3n) is 4.64. The fourth-order valence-corrected chi connectivity index (χ4v) is 4.02. The van der Waals surface area contributed by atoms with Crippen LogP contribution in [0.25, 0.3) is 0 Å². The highest BCUT2D eigenvalue weighted by Gasteiger charge is 2.24. The monoisotopic (exact) mass is 414 g/mol. The summed E-state index contributed by atoms with van der Waals surface area (Å²) in [5.74, 6) is 0.411. The van der Waals surface area contributed by atoms with Crippen molar-refractivity contribution in [3.8, 4) is 11.5 Å². The molecule has 0 aromatic heterocycles. The predicted molar refractivity (Wildman–Crippen MR) is 108 cm³/mol. The molecule has 9 heteroatoms. The number of anilines is 1. The van der Waals surface area contributed by atoms with Gasteiger partial charge in [0.2, 0.25) is 15.9 Å². The van der Waals surface area contributed by atoms with Crippen molar-refractivity contribution in [2.24, 2.45) is 0 Å². The molecule has 8 nitrogen and oxygen atoms in total. The van der Waals surface area contributed by atoms with E-state index in [-0.39, 0.29) is 12.2 Å². The van der Waals surface area contributed by atoms with Crippen LogP contribution in [-0.4, -0.2) is 60.6 Å². The van der Waals surface area contributed by atoms with Crippen molar-refractivity contribution in [1.82, 2.24) is 5.32 Å². The van der Waals surface area contributed by atoms with E-state index in [1.165, 1.54) is 33.1 Å². The van der Waals surface area contributed by atoms with Gasteiger partial charge in [0.1, 0.15) is 18.0 Å². The number of sulfonamides is 1. The number of nitrogens with one attached hydrogen (secondary N) is 1. The average molecular weight is 415 g/mol. The summed E-state index contributed by atoms with van der Waals surface area (Å²) in [5, 5.41) is 2.75. The first-order valence-corrected chi connectivity index (χ1v) is 11.3. The first kappa shape index (κ1) is 22.3. The van der Waals surface area contributed by atoms with Crippen LogP contribution in [0.4, 0.5) is 5.69 Å². The maximum Gasteiger partial charge on any atom is 0.240 e. The van der Waals surface area contributed by atoms with Crippen LogP contribution in [0, 0.1) is 0 Å². The number of rotatable bonds is 11. The van der Waals surface area contributed by atoms with Crippen molar-refractivity contribution in [2.75, 3.05) is 44.5 Å². The lowest BCUT2D eigenvalue weighted by molar-refractivity contribution is -0.119. The summed E-state index contributed by atoms with van der Waals surface area (Å²) in [5.41, 5.74) is 0.254. The molecule has 0 radical (unpaired) electrons. The molecule has 1 aliphatic rings. The summed E-state index contributed by atoms with van der Waals surface area (Å²) in [4.78, 5) is 12.3. The molecule has 28 heavy (non-hydrogen) atoms. The third kappa shape index (κ3) is 6.56. The lowest BCUT2D eigenvalue weighted by Gasteiger charge is -2.24. The molecule has 0 atom stereocenters. The van der Waals surface area contributed by atoms with E-state index in [0.717, 1.165) is 23.4 Å². The van der Waals surface area contributed by atoms with Crippen LogP contribution in [0.15, 0.2) is 18.2 Å². The number of ether oxygens (including phenoxy) is 3. The standard InChI is InChI=1S/C19H30N2O6S/c1-25-16-9-10-18(26-2)17(13-16)21(28(3,23)24)14-19(22)20-11-6-12-27-15-7-4-5-8-15/h9-10,13,15H,4-8,11-12,14H2,1-3H3,(H,20,22). The minimum Gasteiger partial charge on any atom is -0.497 e. The maximum absolute atomic E-state index is 12.3. The molecule has 0 heterocycles. The molecule has 1 aliphatic carbocycles. The van der Waals surface area contributed by atoms with E-state index in [2.05, 4.69) is 5.32 Å². The lowest BCUT2D eigenvalue weighted by Crippen LogP contribution is -2.41. The van der Waals surface area contributed by atoms with Gasteiger partial charge in [-0.05, 0) is 31.4 Å². The molecule has 1 saturated carbocycles. The highest BCUT2D eigenvalue weighted by molar-refractivity contribution is 7.92. The van der Waals surface area contributed by atoms with Gasteiger partial charge in [0, 0.05) is 19.2 Å². The Labute approximate surface area is 167 Å². The number of methoxy groups -OCH3 is 2. The van der Waals surface area contributed by atoms with Crippen molar-refractivity contribution in [2.45, 2.75) is 38.2 Å². The molecule has 158 valence electrons. The van der Waals surface area contributed by atoms with Gasteiger partial charge < -0.3 is 19.5 Å². The molecular weight excluding hydrogens is 384 g/mol. The van der Waals surface area contributed by atoms with E-state index in [9.17, 15) is 13.2 Å². The van der Waals surface area contributed by atoms with Crippen LogP contribution >= 0.6 is 0 Å². The van der Waals surface area contributed by atoms with Crippen molar-refractivity contribution in [3.05, 3.63) is 18.2 Å². The zero-order valence-electron chi connectivity index (χ0n) is 16.8. The fraction of sp³-hybridized carbons (Fsp3) is 0.632. The second-order valence-corrected chi connectivity index (χ2v) is 8.69. The molecule has 2 rings (SSSR count). The molecule has 0 unspecified atom stereocenters. The molecule has 0 saturated heterocycles. The van der Waals surface area contributed by atoms with Gasteiger partial charge in [-0.1, -0.05) is 12.8 Å². The summed E-state index contributed by atoms with van der Waals surface area (Å²) in [6.45, 7) is 0.675. The van der Waals surface area contributed by atoms with Crippen LogP contribution in [0.5, 0.6) is 11.5 Å². The predicted octanol–water partition coefficient (Wildman–Crippen LogP) is 1.94. The van der Waals surface area contributed by atoms with E-state index in [1.807, 2.05) is 0 Å². The minimum absolute atomic E-state index is 0.254. The average Bonchev–Trinajstić information content (AvgIpc) is 3.18. The summed E-state index contributed by atoms with van der Waals surface area (Å²) < 4.78 is 41.8. The van der Waals surface area contributed by atoms with E-state index in [1.54, 1.807) is 12.1 Å². The van der Waals surface area contributed by atoms with E-state index in [0.29, 0.717) is 37.2 Å². The fourth-order valence-electron chi connectivity index (χ4n) is 3.16. The number of benzene rings is 1. The maximum atomic E-state index is 12.3. The number of hydrogen-bond acceptors (Lipinski definition) is 6. The first-order chi connectivity index (χ1) is 13.3. The third-order valence-corrected chi connectivity index (χ3v) is 5.77. The Balaban J connectivity index is 1.94. The Bertz CT molecular complexity index is 747. The van der Waals surface area contributed by atoms with Gasteiger partial charge in [0.15, 0.2) is 0 Å². The Hall–Kier alpha value is -2.00. The molecule has 1 fully saturated rings. The normalized spacial score (nSPS) is 14.7. The molecule has 1 N–H and O–H groups in total. The molecule has 1 amide bonds. The van der Waals surface area contributed by atoms with Crippen molar-refractivity contribution < 1.29 is 27.4 Å². The second kappa shape index (κ2) is 10.5. The summed E-state index contributed by atoms with van der Waals surface area (Å²) in [6, 6.07) is 4.79. The molecule has 1 aromatic carbocycles. The smallest absolute Gasteiger partial charge is 0.240 e. The Morgan fingerprint density at radius 2 is 1.93 bits per heavy atom. The van der Waals surface area contributed by atoms with Gasteiger partial charge in [-0.25, -0.2) is 8.42 Å². The van der Waals surface area contributed by atoms with Crippen LogP contribution in [0.1, 0.15) is 32.1 Å². The zero-order chi connectivity index (χ0) is 20.6. The van der Waals surface area contributed by atoms with Gasteiger partial charge in [-0.2, -0.15) is 0 Å². The van der Waals surface area contributed by atoms with Gasteiger partial charge in [0.05, 0.1) is 32.3 Å². The summed E-state index contributed by atoms with van der Waals surface area (Å²) in [6.07, 6.45) is 6.73. The Kier molecular flexibility index (Phi) is 8.37. The summed E-state index contributed by atoms with van der Waals surface area (Å²) >= 11 is 0. The molecule has 0 spiro atoms. The van der Waals surface area contributed by atoms with E-state index >= 15 is 0 Å². The quantitative estimate of drug-likeness (QED) is 0.556. The number of carbonyl (C=O) groups is 1. The molecule has 0 aliphatic heterocycles. The van der Waals surface area contributed by atoms with Crippen molar-refractivity contribution in [1.29, 1.82) is 0 Å². The topological polar surface area (TPSA) is 94.2 Å². The SMILES string of the molecule is COc1ccc(OC)c(N(CC(=O)NCCCOC2CCCC2)S(C)(=O)=O)c1. The summed E-state index contributed by atoms with van der Waals surface area (Å²) in [7, 11) is -0.781. The second-order valence-electron chi connectivity index (χ2n) is 6.79. The molecule has 1 aromatic rings. The van der Waals surface area contributed by atoms with Crippen LogP contribution in [0.3, 0.4) is 0 Å². The van der Waals surface area contributed by atoms with Crippen LogP contribution in [-0.2, 0) is 19.6 Å². The zero-order valence-corrected chi connectivity index (χ0v) is 17.6.